The molecule has 3 atom stereocenters. The Morgan fingerprint density at radius 2 is 2.00 bits per heavy atom. The van der Waals surface area contributed by atoms with Gasteiger partial charge in [-0.15, -0.1) is 0 Å². The highest BCUT2D eigenvalue weighted by Crippen LogP contribution is 2.30. The van der Waals surface area contributed by atoms with Crippen LogP contribution >= 0.6 is 0 Å². The minimum atomic E-state index is 0.576. The molecule has 110 valence electrons. The van der Waals surface area contributed by atoms with E-state index in [0.717, 1.165) is 11.8 Å². The minimum Gasteiger partial charge on any atom is -0.310 e. The number of likely N-dealkylation sites (tertiary alicyclic amines) is 1. The molecule has 1 unspecified atom stereocenters. The Morgan fingerprint density at radius 1 is 1.15 bits per heavy atom. The van der Waals surface area contributed by atoms with Crippen LogP contribution < -0.4 is 5.32 Å². The van der Waals surface area contributed by atoms with E-state index in [2.05, 4.69) is 48.5 Å². The van der Waals surface area contributed by atoms with Crippen LogP contribution in [0.15, 0.2) is 24.3 Å². The van der Waals surface area contributed by atoms with Gasteiger partial charge in [0.2, 0.25) is 0 Å². The maximum atomic E-state index is 3.71. The molecule has 0 spiro atoms. The summed E-state index contributed by atoms with van der Waals surface area (Å²) in [7, 11) is 2.25. The number of hydrogen-bond acceptors (Lipinski definition) is 2. The molecule has 0 bridgehead atoms. The number of nitrogens with zero attached hydrogens (tertiary/aromatic N) is 1. The second-order valence-electron chi connectivity index (χ2n) is 6.91. The monoisotopic (exact) mass is 272 g/mol. The van der Waals surface area contributed by atoms with E-state index in [-0.39, 0.29) is 0 Å². The van der Waals surface area contributed by atoms with E-state index < -0.39 is 0 Å². The summed E-state index contributed by atoms with van der Waals surface area (Å²) in [6, 6.07) is 9.95. The van der Waals surface area contributed by atoms with E-state index >= 15 is 0 Å². The lowest BCUT2D eigenvalue weighted by Crippen LogP contribution is -2.32. The molecule has 2 nitrogen and oxygen atoms in total. The molecule has 1 N–H and O–H groups in total. The predicted molar refractivity (Wildman–Crippen MR) is 85.1 cm³/mol. The van der Waals surface area contributed by atoms with Gasteiger partial charge in [-0.2, -0.15) is 0 Å². The number of benzene rings is 1. The molecule has 2 fully saturated rings. The molecule has 20 heavy (non-hydrogen) atoms. The average molecular weight is 272 g/mol. The van der Waals surface area contributed by atoms with Crippen molar-refractivity contribution in [2.75, 3.05) is 26.7 Å². The van der Waals surface area contributed by atoms with E-state index in [4.69, 9.17) is 0 Å². The summed E-state index contributed by atoms with van der Waals surface area (Å²) >= 11 is 0. The average Bonchev–Trinajstić information content (AvgIpc) is 2.48. The normalized spacial score (nSPS) is 32.2. The largest absolute Gasteiger partial charge is 0.310 e. The van der Waals surface area contributed by atoms with Crippen molar-refractivity contribution < 1.29 is 0 Å². The van der Waals surface area contributed by atoms with Crippen LogP contribution in [0.3, 0.4) is 0 Å². The van der Waals surface area contributed by atoms with Gasteiger partial charge in [0.05, 0.1) is 0 Å². The lowest BCUT2D eigenvalue weighted by molar-refractivity contribution is 0.250. The van der Waals surface area contributed by atoms with Gasteiger partial charge >= 0.3 is 0 Å². The molecular formula is C18H28N2. The number of piperidine rings is 2. The molecule has 0 saturated carbocycles. The summed E-state index contributed by atoms with van der Waals surface area (Å²) in [5.74, 6) is 1.57. The van der Waals surface area contributed by atoms with Gasteiger partial charge < -0.3 is 10.2 Å². The van der Waals surface area contributed by atoms with Crippen LogP contribution in [0.2, 0.25) is 0 Å². The Bertz CT molecular complexity index is 435. The van der Waals surface area contributed by atoms with E-state index in [1.54, 1.807) is 5.56 Å². The summed E-state index contributed by atoms with van der Waals surface area (Å²) in [5.41, 5.74) is 3.05. The van der Waals surface area contributed by atoms with Crippen molar-refractivity contribution in [3.63, 3.8) is 0 Å². The van der Waals surface area contributed by atoms with Crippen LogP contribution in [0.1, 0.15) is 55.7 Å². The Hall–Kier alpha value is -0.860. The van der Waals surface area contributed by atoms with Crippen molar-refractivity contribution in [3.8, 4) is 0 Å². The SMILES string of the molecule is C[C@H]1CC[C@H](c2cccc(C3CCCN(C)C3)c2)NC1. The summed E-state index contributed by atoms with van der Waals surface area (Å²) < 4.78 is 0. The minimum absolute atomic E-state index is 0.576. The Balaban J connectivity index is 1.72. The van der Waals surface area contributed by atoms with Crippen molar-refractivity contribution >= 4 is 0 Å². The van der Waals surface area contributed by atoms with E-state index in [0.29, 0.717) is 6.04 Å². The van der Waals surface area contributed by atoms with Crippen LogP contribution in [0, 0.1) is 5.92 Å². The molecular weight excluding hydrogens is 244 g/mol. The van der Waals surface area contributed by atoms with Gasteiger partial charge in [-0.1, -0.05) is 31.2 Å². The molecule has 2 aliphatic rings. The Kier molecular flexibility index (Phi) is 4.42. The first-order valence-corrected chi connectivity index (χ1v) is 8.24. The smallest absolute Gasteiger partial charge is 0.0320 e. The molecule has 1 aromatic carbocycles. The molecule has 1 aromatic rings. The lowest BCUT2D eigenvalue weighted by atomic mass is 9.87. The third kappa shape index (κ3) is 3.24. The van der Waals surface area contributed by atoms with Gasteiger partial charge in [0.25, 0.3) is 0 Å². The van der Waals surface area contributed by atoms with Gasteiger partial charge in [-0.25, -0.2) is 0 Å². The summed E-state index contributed by atoms with van der Waals surface area (Å²) in [5, 5.41) is 3.71. The number of nitrogens with one attached hydrogen (secondary N) is 1. The van der Waals surface area contributed by atoms with E-state index in [1.807, 2.05) is 0 Å². The Morgan fingerprint density at radius 3 is 2.75 bits per heavy atom. The zero-order valence-corrected chi connectivity index (χ0v) is 12.9. The first-order chi connectivity index (χ1) is 9.72. The zero-order chi connectivity index (χ0) is 13.9. The van der Waals surface area contributed by atoms with Gasteiger partial charge in [-0.05, 0) is 68.8 Å². The topological polar surface area (TPSA) is 15.3 Å². The summed E-state index contributed by atoms with van der Waals surface area (Å²) in [4.78, 5) is 2.47. The van der Waals surface area contributed by atoms with Crippen LogP contribution in [0.4, 0.5) is 0 Å². The molecule has 2 heterocycles. The van der Waals surface area contributed by atoms with Gasteiger partial charge in [0.15, 0.2) is 0 Å². The van der Waals surface area contributed by atoms with Gasteiger partial charge in [0.1, 0.15) is 0 Å². The third-order valence-corrected chi connectivity index (χ3v) is 5.07. The molecule has 0 aliphatic carbocycles. The zero-order valence-electron chi connectivity index (χ0n) is 12.9. The van der Waals surface area contributed by atoms with Crippen molar-refractivity contribution in [1.29, 1.82) is 0 Å². The van der Waals surface area contributed by atoms with Crippen LogP contribution in [-0.2, 0) is 0 Å². The molecule has 0 amide bonds. The van der Waals surface area contributed by atoms with Crippen molar-refractivity contribution in [2.45, 2.75) is 44.6 Å². The lowest BCUT2D eigenvalue weighted by Gasteiger charge is -2.31. The summed E-state index contributed by atoms with van der Waals surface area (Å²) in [6.45, 7) is 6.00. The fraction of sp³-hybridized carbons (Fsp3) is 0.667. The number of rotatable bonds is 2. The first kappa shape index (κ1) is 14.1. The fourth-order valence-electron chi connectivity index (χ4n) is 3.75. The molecule has 3 rings (SSSR count). The highest BCUT2D eigenvalue weighted by atomic mass is 15.1. The highest BCUT2D eigenvalue weighted by Gasteiger charge is 2.22. The number of hydrogen-bond donors (Lipinski definition) is 1. The second-order valence-corrected chi connectivity index (χ2v) is 6.91. The van der Waals surface area contributed by atoms with Crippen molar-refractivity contribution in [3.05, 3.63) is 35.4 Å². The van der Waals surface area contributed by atoms with E-state index in [1.165, 1.54) is 50.9 Å². The standard InChI is InChI=1S/C18H28N2/c1-14-8-9-18(19-12-14)16-6-3-5-15(11-16)17-7-4-10-20(2)13-17/h3,5-6,11,14,17-19H,4,7-10,12-13H2,1-2H3/t14-,17?,18+/m0/s1. The van der Waals surface area contributed by atoms with Gasteiger partial charge in [-0.3, -0.25) is 0 Å². The summed E-state index contributed by atoms with van der Waals surface area (Å²) in [6.07, 6.45) is 5.33. The molecule has 2 aliphatic heterocycles. The Labute approximate surface area is 123 Å². The van der Waals surface area contributed by atoms with Crippen LogP contribution in [0.25, 0.3) is 0 Å². The molecule has 0 aromatic heterocycles. The highest BCUT2D eigenvalue weighted by molar-refractivity contribution is 5.29. The van der Waals surface area contributed by atoms with Crippen molar-refractivity contribution in [1.82, 2.24) is 10.2 Å². The molecule has 2 heteroatoms. The maximum Gasteiger partial charge on any atom is 0.0320 e. The van der Waals surface area contributed by atoms with Crippen LogP contribution in [-0.4, -0.2) is 31.6 Å². The quantitative estimate of drug-likeness (QED) is 0.885. The van der Waals surface area contributed by atoms with Gasteiger partial charge in [0, 0.05) is 12.6 Å². The fourth-order valence-corrected chi connectivity index (χ4v) is 3.75. The molecule has 0 radical (unpaired) electrons. The number of likely N-dealkylation sites (N-methyl/N-ethyl adjacent to an activating group) is 1. The van der Waals surface area contributed by atoms with Crippen LogP contribution in [0.5, 0.6) is 0 Å². The predicted octanol–water partition coefficient (Wildman–Crippen LogP) is 3.56. The first-order valence-electron chi connectivity index (χ1n) is 8.24. The van der Waals surface area contributed by atoms with E-state index in [9.17, 15) is 0 Å². The van der Waals surface area contributed by atoms with Crippen molar-refractivity contribution in [2.24, 2.45) is 5.92 Å². The third-order valence-electron chi connectivity index (χ3n) is 5.07. The maximum absolute atomic E-state index is 3.71. The molecule has 2 saturated heterocycles. The second kappa shape index (κ2) is 6.28.